The number of sulfonamides is 1. The lowest BCUT2D eigenvalue weighted by atomic mass is 10.3. The molecule has 0 saturated heterocycles. The van der Waals surface area contributed by atoms with Crippen LogP contribution < -0.4 is 10.5 Å². The van der Waals surface area contributed by atoms with Crippen molar-refractivity contribution in [2.45, 2.75) is 11.1 Å². The molecule has 1 aromatic carbocycles. The Labute approximate surface area is 118 Å². The van der Waals surface area contributed by atoms with E-state index < -0.39 is 21.9 Å². The number of nitrogens with two attached hydrogens (primary N) is 1. The largest absolute Gasteiger partial charge is 0.433 e. The Morgan fingerprint density at radius 2 is 1.76 bits per heavy atom. The molecule has 0 unspecified atom stereocenters. The van der Waals surface area contributed by atoms with Crippen LogP contribution in [0.2, 0.25) is 0 Å². The van der Waals surface area contributed by atoms with Crippen LogP contribution in [-0.4, -0.2) is 13.4 Å². The van der Waals surface area contributed by atoms with Crippen LogP contribution in [0.25, 0.3) is 0 Å². The van der Waals surface area contributed by atoms with Crippen molar-refractivity contribution >= 4 is 21.4 Å². The Hall–Kier alpha value is -2.29. The molecule has 21 heavy (non-hydrogen) atoms. The van der Waals surface area contributed by atoms with E-state index in [2.05, 4.69) is 9.71 Å². The number of hydrogen-bond donors (Lipinski definition) is 2. The number of halogens is 3. The molecule has 1 heterocycles. The molecule has 0 fully saturated rings. The molecule has 0 amide bonds. The minimum atomic E-state index is -4.58. The summed E-state index contributed by atoms with van der Waals surface area (Å²) in [5.74, 6) is 0. The Bertz CT molecular complexity index is 743. The molecule has 0 saturated carbocycles. The van der Waals surface area contributed by atoms with Crippen molar-refractivity contribution in [3.63, 3.8) is 0 Å². The normalized spacial score (nSPS) is 12.1. The topological polar surface area (TPSA) is 85.1 Å². The highest BCUT2D eigenvalue weighted by Crippen LogP contribution is 2.28. The van der Waals surface area contributed by atoms with Crippen LogP contribution in [-0.2, 0) is 16.2 Å². The molecule has 0 aliphatic carbocycles. The summed E-state index contributed by atoms with van der Waals surface area (Å²) in [4.78, 5) is 3.00. The maximum atomic E-state index is 12.4. The number of rotatable bonds is 3. The number of nitrogens with zero attached hydrogens (tertiary/aromatic N) is 1. The second kappa shape index (κ2) is 5.24. The highest BCUT2D eigenvalue weighted by Gasteiger charge is 2.32. The zero-order chi connectivity index (χ0) is 15.7. The summed E-state index contributed by atoms with van der Waals surface area (Å²) in [5, 5.41) is 0. The summed E-state index contributed by atoms with van der Waals surface area (Å²) >= 11 is 0. The molecule has 2 aromatic rings. The predicted molar refractivity (Wildman–Crippen MR) is 70.9 cm³/mol. The van der Waals surface area contributed by atoms with Crippen molar-refractivity contribution < 1.29 is 21.6 Å². The van der Waals surface area contributed by atoms with E-state index in [1.165, 1.54) is 18.2 Å². The minimum Gasteiger partial charge on any atom is -0.398 e. The molecule has 112 valence electrons. The van der Waals surface area contributed by atoms with Crippen molar-refractivity contribution in [3.05, 3.63) is 48.3 Å². The van der Waals surface area contributed by atoms with Crippen molar-refractivity contribution in [1.82, 2.24) is 4.98 Å². The number of aromatic nitrogens is 1. The number of alkyl halides is 3. The van der Waals surface area contributed by atoms with Crippen LogP contribution in [0.1, 0.15) is 5.69 Å². The van der Waals surface area contributed by atoms with Gasteiger partial charge in [-0.2, -0.15) is 13.2 Å². The molecule has 0 bridgehead atoms. The number of para-hydroxylation sites is 1. The van der Waals surface area contributed by atoms with Gasteiger partial charge in [-0.15, -0.1) is 0 Å². The number of nitrogen functional groups attached to an aromatic ring is 1. The van der Waals surface area contributed by atoms with Crippen LogP contribution in [0, 0.1) is 0 Å². The number of anilines is 2. The average molecular weight is 317 g/mol. The standard InChI is InChI=1S/C12H10F3N3O2S/c13-12(14,15)11-6-5-8(7-17-11)18-21(19,20)10-4-2-1-3-9(10)16/h1-7,18H,16H2. The van der Waals surface area contributed by atoms with E-state index in [1.54, 1.807) is 6.07 Å². The average Bonchev–Trinajstić information content (AvgIpc) is 2.38. The van der Waals surface area contributed by atoms with Crippen LogP contribution in [0.3, 0.4) is 0 Å². The van der Waals surface area contributed by atoms with Gasteiger partial charge in [0, 0.05) is 0 Å². The molecule has 9 heteroatoms. The van der Waals surface area contributed by atoms with Crippen LogP contribution in [0.15, 0.2) is 47.5 Å². The molecule has 0 spiro atoms. The predicted octanol–water partition coefficient (Wildman–Crippen LogP) is 2.48. The Balaban J connectivity index is 2.28. The van der Waals surface area contributed by atoms with E-state index in [1.807, 2.05) is 0 Å². The van der Waals surface area contributed by atoms with Crippen molar-refractivity contribution in [2.24, 2.45) is 0 Å². The monoisotopic (exact) mass is 317 g/mol. The Morgan fingerprint density at radius 3 is 2.29 bits per heavy atom. The Kier molecular flexibility index (Phi) is 3.77. The van der Waals surface area contributed by atoms with Crippen LogP contribution >= 0.6 is 0 Å². The molecular weight excluding hydrogens is 307 g/mol. The zero-order valence-electron chi connectivity index (χ0n) is 10.4. The fourth-order valence-corrected chi connectivity index (χ4v) is 2.73. The van der Waals surface area contributed by atoms with E-state index in [0.717, 1.165) is 12.3 Å². The number of pyridine rings is 1. The summed E-state index contributed by atoms with van der Waals surface area (Å²) in [5.41, 5.74) is 4.39. The lowest BCUT2D eigenvalue weighted by Crippen LogP contribution is -2.15. The van der Waals surface area contributed by atoms with Gasteiger partial charge in [0.25, 0.3) is 10.0 Å². The SMILES string of the molecule is Nc1ccccc1S(=O)(=O)Nc1ccc(C(F)(F)F)nc1. The van der Waals surface area contributed by atoms with Gasteiger partial charge in [0.15, 0.2) is 0 Å². The summed E-state index contributed by atoms with van der Waals surface area (Å²) in [6, 6.07) is 7.40. The smallest absolute Gasteiger partial charge is 0.398 e. The fraction of sp³-hybridized carbons (Fsp3) is 0.0833. The van der Waals surface area contributed by atoms with Gasteiger partial charge in [-0.05, 0) is 24.3 Å². The third-order valence-electron chi connectivity index (χ3n) is 2.51. The van der Waals surface area contributed by atoms with Gasteiger partial charge in [0.1, 0.15) is 10.6 Å². The van der Waals surface area contributed by atoms with Gasteiger partial charge in [0.05, 0.1) is 17.6 Å². The van der Waals surface area contributed by atoms with Crippen molar-refractivity contribution in [2.75, 3.05) is 10.5 Å². The van der Waals surface area contributed by atoms with Gasteiger partial charge >= 0.3 is 6.18 Å². The van der Waals surface area contributed by atoms with Gasteiger partial charge in [-0.1, -0.05) is 12.1 Å². The number of benzene rings is 1. The summed E-state index contributed by atoms with van der Waals surface area (Å²) in [7, 11) is -3.99. The van der Waals surface area contributed by atoms with Crippen LogP contribution in [0.5, 0.6) is 0 Å². The first-order chi connectivity index (χ1) is 9.70. The lowest BCUT2D eigenvalue weighted by Gasteiger charge is -2.10. The van der Waals surface area contributed by atoms with E-state index in [0.29, 0.717) is 6.07 Å². The van der Waals surface area contributed by atoms with E-state index in [-0.39, 0.29) is 16.3 Å². The molecule has 0 aliphatic rings. The number of hydrogen-bond acceptors (Lipinski definition) is 4. The minimum absolute atomic E-state index is 0.0323. The molecule has 2 rings (SSSR count). The maximum Gasteiger partial charge on any atom is 0.433 e. The second-order valence-corrected chi connectivity index (χ2v) is 5.72. The highest BCUT2D eigenvalue weighted by molar-refractivity contribution is 7.92. The zero-order valence-corrected chi connectivity index (χ0v) is 11.2. The highest BCUT2D eigenvalue weighted by atomic mass is 32.2. The van der Waals surface area contributed by atoms with E-state index in [9.17, 15) is 21.6 Å². The van der Waals surface area contributed by atoms with E-state index in [4.69, 9.17) is 5.73 Å². The van der Waals surface area contributed by atoms with Gasteiger partial charge in [0.2, 0.25) is 0 Å². The quantitative estimate of drug-likeness (QED) is 0.852. The summed E-state index contributed by atoms with van der Waals surface area (Å²) in [6.07, 6.45) is -3.79. The fourth-order valence-electron chi connectivity index (χ4n) is 1.56. The Morgan fingerprint density at radius 1 is 1.10 bits per heavy atom. The van der Waals surface area contributed by atoms with Gasteiger partial charge in [-0.3, -0.25) is 4.72 Å². The third-order valence-corrected chi connectivity index (χ3v) is 3.97. The van der Waals surface area contributed by atoms with Crippen molar-refractivity contribution in [1.29, 1.82) is 0 Å². The first-order valence-corrected chi connectivity index (χ1v) is 7.09. The van der Waals surface area contributed by atoms with Gasteiger partial charge < -0.3 is 5.73 Å². The molecular formula is C12H10F3N3O2S. The molecule has 3 N–H and O–H groups in total. The molecule has 0 radical (unpaired) electrons. The molecule has 0 aliphatic heterocycles. The first kappa shape index (κ1) is 15.1. The molecule has 1 aromatic heterocycles. The number of nitrogens with one attached hydrogen (secondary N) is 1. The lowest BCUT2D eigenvalue weighted by molar-refractivity contribution is -0.141. The van der Waals surface area contributed by atoms with Gasteiger partial charge in [-0.25, -0.2) is 13.4 Å². The van der Waals surface area contributed by atoms with Crippen molar-refractivity contribution in [3.8, 4) is 0 Å². The first-order valence-electron chi connectivity index (χ1n) is 5.61. The van der Waals surface area contributed by atoms with E-state index >= 15 is 0 Å². The van der Waals surface area contributed by atoms with Crippen LogP contribution in [0.4, 0.5) is 24.5 Å². The maximum absolute atomic E-state index is 12.4. The molecule has 5 nitrogen and oxygen atoms in total. The summed E-state index contributed by atoms with van der Waals surface area (Å²) < 4.78 is 63.3. The summed E-state index contributed by atoms with van der Waals surface area (Å²) in [6.45, 7) is 0. The third kappa shape index (κ3) is 3.43. The second-order valence-electron chi connectivity index (χ2n) is 4.07. The molecule has 0 atom stereocenters.